The zero-order valence-corrected chi connectivity index (χ0v) is 20.9. The highest BCUT2D eigenvalue weighted by molar-refractivity contribution is 8.00. The van der Waals surface area contributed by atoms with Crippen LogP contribution in [0.3, 0.4) is 0 Å². The number of fused-ring (bicyclic) bond motifs is 9. The summed E-state index contributed by atoms with van der Waals surface area (Å²) in [6, 6.07) is 15.5. The zero-order chi connectivity index (χ0) is 24.0. The predicted molar refractivity (Wildman–Crippen MR) is 135 cm³/mol. The van der Waals surface area contributed by atoms with Crippen LogP contribution in [0.15, 0.2) is 58.4 Å². The van der Waals surface area contributed by atoms with Crippen LogP contribution in [-0.2, 0) is 9.59 Å². The Kier molecular flexibility index (Phi) is 4.64. The number of benzene rings is 2. The van der Waals surface area contributed by atoms with Gasteiger partial charge < -0.3 is 9.72 Å². The first-order chi connectivity index (χ1) is 17.0. The fourth-order valence-corrected chi connectivity index (χ4v) is 10.2. The molecular formula is C27H24N2O4S2. The number of imide groups is 1. The first-order valence-corrected chi connectivity index (χ1v) is 13.6. The highest BCUT2D eigenvalue weighted by atomic mass is 32.2. The van der Waals surface area contributed by atoms with Gasteiger partial charge in [-0.2, -0.15) is 0 Å². The SMILES string of the molecule is COc1ccc(N2C(=O)C3C4CC(C3C2=O)C2C4Sc3[nH]c(=O)sc3[C@@H]2c2ccccc2C)cc1. The quantitative estimate of drug-likeness (QED) is 0.534. The van der Waals surface area contributed by atoms with Crippen LogP contribution < -0.4 is 14.5 Å². The lowest BCUT2D eigenvalue weighted by Crippen LogP contribution is -2.42. The number of thioether (sulfide) groups is 1. The molecule has 2 amide bonds. The number of rotatable bonds is 3. The van der Waals surface area contributed by atoms with E-state index >= 15 is 0 Å². The third-order valence-corrected chi connectivity index (χ3v) is 11.2. The zero-order valence-electron chi connectivity index (χ0n) is 19.3. The molecule has 2 aromatic carbocycles. The number of H-pyrrole nitrogens is 1. The number of hydrogen-bond acceptors (Lipinski definition) is 6. The molecule has 3 heterocycles. The molecule has 1 aromatic heterocycles. The van der Waals surface area contributed by atoms with E-state index in [1.165, 1.54) is 27.4 Å². The van der Waals surface area contributed by atoms with Gasteiger partial charge in [0.25, 0.3) is 0 Å². The van der Waals surface area contributed by atoms with E-state index < -0.39 is 0 Å². The number of aryl methyl sites for hydroxylation is 1. The van der Waals surface area contributed by atoms with Gasteiger partial charge in [0.1, 0.15) is 5.75 Å². The minimum absolute atomic E-state index is 0.0357. The van der Waals surface area contributed by atoms with E-state index in [0.717, 1.165) is 16.3 Å². The highest BCUT2D eigenvalue weighted by Gasteiger charge is 2.69. The molecule has 7 atom stereocenters. The van der Waals surface area contributed by atoms with Crippen LogP contribution in [-0.4, -0.2) is 29.2 Å². The number of anilines is 1. The summed E-state index contributed by atoms with van der Waals surface area (Å²) in [6.45, 7) is 2.12. The Morgan fingerprint density at radius 2 is 1.69 bits per heavy atom. The lowest BCUT2D eigenvalue weighted by Gasteiger charge is -2.43. The second-order valence-corrected chi connectivity index (χ2v) is 12.2. The summed E-state index contributed by atoms with van der Waals surface area (Å²) in [5.74, 6) is 0.505. The van der Waals surface area contributed by atoms with Crippen LogP contribution in [0.2, 0.25) is 0 Å². The third kappa shape index (κ3) is 2.87. The van der Waals surface area contributed by atoms with Gasteiger partial charge in [-0.05, 0) is 66.5 Å². The van der Waals surface area contributed by atoms with Gasteiger partial charge in [0.15, 0.2) is 0 Å². The molecular weight excluding hydrogens is 480 g/mol. The Morgan fingerprint density at radius 1 is 0.971 bits per heavy atom. The van der Waals surface area contributed by atoms with Crippen molar-refractivity contribution in [2.45, 2.75) is 29.5 Å². The van der Waals surface area contributed by atoms with Crippen molar-refractivity contribution in [3.63, 3.8) is 0 Å². The first kappa shape index (κ1) is 21.4. The number of thiazole rings is 1. The van der Waals surface area contributed by atoms with E-state index in [0.29, 0.717) is 11.4 Å². The summed E-state index contributed by atoms with van der Waals surface area (Å²) < 4.78 is 5.25. The average Bonchev–Trinajstić information content (AvgIpc) is 3.59. The number of amides is 2. The van der Waals surface area contributed by atoms with Crippen LogP contribution >= 0.6 is 23.1 Å². The summed E-state index contributed by atoms with van der Waals surface area (Å²) in [5.41, 5.74) is 3.04. The number of hydrogen-bond donors (Lipinski definition) is 1. The number of methoxy groups -OCH3 is 1. The Labute approximate surface area is 210 Å². The van der Waals surface area contributed by atoms with Crippen molar-refractivity contribution in [1.29, 1.82) is 0 Å². The van der Waals surface area contributed by atoms with Crippen LogP contribution in [0.4, 0.5) is 5.69 Å². The van der Waals surface area contributed by atoms with Gasteiger partial charge in [0.2, 0.25) is 11.8 Å². The maximum atomic E-state index is 13.8. The third-order valence-electron chi connectivity index (χ3n) is 8.58. The fraction of sp³-hybridized carbons (Fsp3) is 0.370. The van der Waals surface area contributed by atoms with E-state index in [-0.39, 0.29) is 57.4 Å². The molecule has 2 aliphatic carbocycles. The van der Waals surface area contributed by atoms with Gasteiger partial charge in [0, 0.05) is 16.0 Å². The van der Waals surface area contributed by atoms with E-state index in [1.807, 2.05) is 6.07 Å². The highest BCUT2D eigenvalue weighted by Crippen LogP contribution is 2.68. The molecule has 35 heavy (non-hydrogen) atoms. The second kappa shape index (κ2) is 7.58. The molecule has 1 saturated heterocycles. The van der Waals surface area contributed by atoms with Gasteiger partial charge in [-0.3, -0.25) is 19.3 Å². The van der Waals surface area contributed by atoms with Crippen molar-refractivity contribution < 1.29 is 14.3 Å². The maximum absolute atomic E-state index is 13.8. The van der Waals surface area contributed by atoms with Crippen molar-refractivity contribution in [3.05, 3.63) is 74.2 Å². The van der Waals surface area contributed by atoms with Crippen molar-refractivity contribution in [2.24, 2.45) is 29.6 Å². The number of aromatic amines is 1. The molecule has 0 radical (unpaired) electrons. The molecule has 178 valence electrons. The summed E-state index contributed by atoms with van der Waals surface area (Å²) >= 11 is 3.03. The number of ether oxygens (including phenoxy) is 1. The number of aromatic nitrogens is 1. The molecule has 4 aliphatic rings. The van der Waals surface area contributed by atoms with Crippen molar-refractivity contribution in [3.8, 4) is 5.75 Å². The standard InChI is InChI=1S/C27H24N2O4S2/c1-12-5-3-4-6-15(12)18-19-16-11-17(22(19)34-24-23(18)35-27(32)28-24)21-20(16)25(30)29(26(21)31)13-7-9-14(33-2)10-8-13/h3-10,16-22H,11H2,1-2H3,(H,28,32)/t16?,17?,18-,19?,20?,21?,22?/m1/s1. The van der Waals surface area contributed by atoms with Gasteiger partial charge in [-0.15, -0.1) is 11.8 Å². The predicted octanol–water partition coefficient (Wildman–Crippen LogP) is 4.43. The minimum Gasteiger partial charge on any atom is -0.497 e. The summed E-state index contributed by atoms with van der Waals surface area (Å²) in [4.78, 5) is 45.4. The Morgan fingerprint density at radius 3 is 2.40 bits per heavy atom. The number of carbonyl (C=O) groups is 2. The molecule has 8 heteroatoms. The van der Waals surface area contributed by atoms with E-state index in [4.69, 9.17) is 4.74 Å². The molecule has 2 aliphatic heterocycles. The summed E-state index contributed by atoms with van der Waals surface area (Å²) in [5, 5.41) is 1.15. The summed E-state index contributed by atoms with van der Waals surface area (Å²) in [7, 11) is 1.60. The molecule has 3 aromatic rings. The maximum Gasteiger partial charge on any atom is 0.305 e. The van der Waals surface area contributed by atoms with Crippen LogP contribution in [0.5, 0.6) is 5.75 Å². The molecule has 6 unspecified atom stereocenters. The van der Waals surface area contributed by atoms with Crippen molar-refractivity contribution in [2.75, 3.05) is 12.0 Å². The normalized spacial score (nSPS) is 32.5. The molecule has 7 rings (SSSR count). The van der Waals surface area contributed by atoms with E-state index in [1.54, 1.807) is 43.1 Å². The monoisotopic (exact) mass is 504 g/mol. The molecule has 2 saturated carbocycles. The van der Waals surface area contributed by atoms with Crippen molar-refractivity contribution in [1.82, 2.24) is 4.98 Å². The van der Waals surface area contributed by atoms with Gasteiger partial charge in [-0.1, -0.05) is 35.6 Å². The van der Waals surface area contributed by atoms with Gasteiger partial charge >= 0.3 is 4.87 Å². The topological polar surface area (TPSA) is 79.5 Å². The van der Waals surface area contributed by atoms with Crippen LogP contribution in [0.1, 0.15) is 28.3 Å². The second-order valence-electron chi connectivity index (χ2n) is 10.0. The first-order valence-electron chi connectivity index (χ1n) is 11.9. The average molecular weight is 505 g/mol. The lowest BCUT2D eigenvalue weighted by atomic mass is 9.67. The van der Waals surface area contributed by atoms with Crippen LogP contribution in [0, 0.1) is 36.5 Å². The smallest absolute Gasteiger partial charge is 0.305 e. The van der Waals surface area contributed by atoms with E-state index in [2.05, 4.69) is 30.1 Å². The van der Waals surface area contributed by atoms with Gasteiger partial charge in [-0.25, -0.2) is 0 Å². The molecule has 3 fully saturated rings. The largest absolute Gasteiger partial charge is 0.497 e. The van der Waals surface area contributed by atoms with Gasteiger partial charge in [0.05, 0.1) is 29.7 Å². The Balaban J connectivity index is 1.32. The minimum atomic E-state index is -0.291. The van der Waals surface area contributed by atoms with Crippen LogP contribution in [0.25, 0.3) is 0 Å². The lowest BCUT2D eigenvalue weighted by molar-refractivity contribution is -0.123. The Bertz CT molecular complexity index is 1430. The molecule has 6 nitrogen and oxygen atoms in total. The van der Waals surface area contributed by atoms with Crippen molar-refractivity contribution >= 4 is 40.6 Å². The molecule has 0 spiro atoms. The number of nitrogens with one attached hydrogen (secondary N) is 1. The summed E-state index contributed by atoms with van der Waals surface area (Å²) in [6.07, 6.45) is 0.896. The molecule has 2 bridgehead atoms. The fourth-order valence-electron chi connectivity index (χ4n) is 7.29. The number of carbonyl (C=O) groups excluding carboxylic acids is 2. The number of nitrogens with zero attached hydrogens (tertiary/aromatic N) is 1. The molecule has 1 N–H and O–H groups in total. The Hall–Kier alpha value is -2.84. The van der Waals surface area contributed by atoms with E-state index in [9.17, 15) is 14.4 Å².